The number of rotatable bonds is 3. The Labute approximate surface area is 91.0 Å². The molecule has 5 heteroatoms. The van der Waals surface area contributed by atoms with Crippen LogP contribution in [0.25, 0.3) is 0 Å². The number of benzene rings is 1. The van der Waals surface area contributed by atoms with E-state index >= 15 is 0 Å². The summed E-state index contributed by atoms with van der Waals surface area (Å²) in [5.74, 6) is -0.481. The molecule has 0 heterocycles. The summed E-state index contributed by atoms with van der Waals surface area (Å²) in [6.07, 6.45) is 0.219. The Morgan fingerprint density at radius 1 is 1.50 bits per heavy atom. The number of nitrogens with one attached hydrogen (secondary N) is 1. The number of alkyl halides is 1. The highest BCUT2D eigenvalue weighted by atomic mass is 35.5. The van der Waals surface area contributed by atoms with Crippen molar-refractivity contribution in [3.8, 4) is 0 Å². The third-order valence-electron chi connectivity index (χ3n) is 1.52. The van der Waals surface area contributed by atoms with Crippen molar-refractivity contribution < 1.29 is 9.18 Å². The molecule has 2 nitrogen and oxygen atoms in total. The van der Waals surface area contributed by atoms with Crippen LogP contribution in [0.4, 0.5) is 10.1 Å². The minimum absolute atomic E-state index is 0.0197. The van der Waals surface area contributed by atoms with Gasteiger partial charge in [-0.05, 0) is 18.2 Å². The lowest BCUT2D eigenvalue weighted by molar-refractivity contribution is -0.115. The standard InChI is InChI=1S/C9H8Cl2FNO/c10-4-3-9(14)13-6-1-2-8(12)7(11)5-6/h1-2,5H,3-4H2,(H,13,14). The van der Waals surface area contributed by atoms with Gasteiger partial charge in [0.05, 0.1) is 5.02 Å². The molecule has 0 aromatic heterocycles. The van der Waals surface area contributed by atoms with Crippen LogP contribution in [-0.2, 0) is 4.79 Å². The summed E-state index contributed by atoms with van der Waals surface area (Å²) in [7, 11) is 0. The van der Waals surface area contributed by atoms with E-state index in [1.165, 1.54) is 18.2 Å². The molecule has 0 saturated carbocycles. The van der Waals surface area contributed by atoms with Crippen molar-refractivity contribution in [2.24, 2.45) is 0 Å². The Morgan fingerprint density at radius 2 is 2.21 bits per heavy atom. The lowest BCUT2D eigenvalue weighted by Gasteiger charge is -2.04. The second-order valence-electron chi connectivity index (χ2n) is 2.62. The average Bonchev–Trinajstić information content (AvgIpc) is 2.12. The Balaban J connectivity index is 2.68. The summed E-state index contributed by atoms with van der Waals surface area (Å²) in [4.78, 5) is 11.1. The molecule has 0 saturated heterocycles. The zero-order valence-electron chi connectivity index (χ0n) is 7.19. The normalized spacial score (nSPS) is 9.93. The van der Waals surface area contributed by atoms with Crippen molar-refractivity contribution in [3.05, 3.63) is 29.0 Å². The molecule has 76 valence electrons. The van der Waals surface area contributed by atoms with Gasteiger partial charge >= 0.3 is 0 Å². The SMILES string of the molecule is O=C(CCCl)Nc1ccc(F)c(Cl)c1. The van der Waals surface area contributed by atoms with Crippen molar-refractivity contribution in [2.45, 2.75) is 6.42 Å². The van der Waals surface area contributed by atoms with E-state index in [0.29, 0.717) is 5.69 Å². The summed E-state index contributed by atoms with van der Waals surface area (Å²) in [5, 5.41) is 2.52. The van der Waals surface area contributed by atoms with Gasteiger partial charge < -0.3 is 5.32 Å². The van der Waals surface area contributed by atoms with E-state index in [-0.39, 0.29) is 23.2 Å². The van der Waals surface area contributed by atoms with Crippen molar-refractivity contribution >= 4 is 34.8 Å². The maximum atomic E-state index is 12.7. The molecule has 0 unspecified atom stereocenters. The van der Waals surface area contributed by atoms with Gasteiger partial charge in [0.25, 0.3) is 0 Å². The van der Waals surface area contributed by atoms with Crippen molar-refractivity contribution in [1.29, 1.82) is 0 Å². The molecule has 0 aliphatic heterocycles. The Kier molecular flexibility index (Phi) is 4.17. The molecule has 1 rings (SSSR count). The number of carbonyl (C=O) groups is 1. The van der Waals surface area contributed by atoms with Gasteiger partial charge in [-0.15, -0.1) is 11.6 Å². The second-order valence-corrected chi connectivity index (χ2v) is 3.40. The quantitative estimate of drug-likeness (QED) is 0.803. The lowest BCUT2D eigenvalue weighted by atomic mass is 10.3. The van der Waals surface area contributed by atoms with Gasteiger partial charge in [-0.25, -0.2) is 4.39 Å². The van der Waals surface area contributed by atoms with E-state index in [4.69, 9.17) is 23.2 Å². The van der Waals surface area contributed by atoms with Gasteiger partial charge in [0, 0.05) is 18.0 Å². The van der Waals surface area contributed by atoms with Gasteiger partial charge in [0.1, 0.15) is 5.82 Å². The first-order valence-electron chi connectivity index (χ1n) is 3.94. The van der Waals surface area contributed by atoms with Crippen LogP contribution in [0.1, 0.15) is 6.42 Å². The fraction of sp³-hybridized carbons (Fsp3) is 0.222. The first-order chi connectivity index (χ1) is 6.63. The van der Waals surface area contributed by atoms with Crippen LogP contribution in [-0.4, -0.2) is 11.8 Å². The fourth-order valence-electron chi connectivity index (χ4n) is 0.883. The summed E-state index contributed by atoms with van der Waals surface area (Å²) in [6, 6.07) is 3.98. The number of carbonyl (C=O) groups excluding carboxylic acids is 1. The zero-order chi connectivity index (χ0) is 10.6. The Morgan fingerprint density at radius 3 is 2.79 bits per heavy atom. The van der Waals surface area contributed by atoms with Gasteiger partial charge in [-0.1, -0.05) is 11.6 Å². The van der Waals surface area contributed by atoms with Crippen LogP contribution in [0.15, 0.2) is 18.2 Å². The Hall–Kier alpha value is -0.800. The molecule has 0 spiro atoms. The van der Waals surface area contributed by atoms with Crippen molar-refractivity contribution in [3.63, 3.8) is 0 Å². The minimum atomic E-state index is -0.512. The van der Waals surface area contributed by atoms with E-state index in [0.717, 1.165) is 0 Å². The minimum Gasteiger partial charge on any atom is -0.326 e. The molecule has 0 radical (unpaired) electrons. The maximum Gasteiger partial charge on any atom is 0.225 e. The van der Waals surface area contributed by atoms with Crippen LogP contribution in [0.2, 0.25) is 5.02 Å². The predicted octanol–water partition coefficient (Wildman–Crippen LogP) is 3.05. The highest BCUT2D eigenvalue weighted by Gasteiger charge is 2.04. The van der Waals surface area contributed by atoms with Crippen LogP contribution < -0.4 is 5.32 Å². The molecular formula is C9H8Cl2FNO. The molecule has 0 fully saturated rings. The largest absolute Gasteiger partial charge is 0.326 e. The molecule has 14 heavy (non-hydrogen) atoms. The van der Waals surface area contributed by atoms with E-state index in [9.17, 15) is 9.18 Å². The highest BCUT2D eigenvalue weighted by Crippen LogP contribution is 2.19. The monoisotopic (exact) mass is 235 g/mol. The first kappa shape index (κ1) is 11.3. The highest BCUT2D eigenvalue weighted by molar-refractivity contribution is 6.31. The summed E-state index contributed by atoms with van der Waals surface area (Å²) >= 11 is 10.9. The van der Waals surface area contributed by atoms with Gasteiger partial charge in [-0.3, -0.25) is 4.79 Å². The van der Waals surface area contributed by atoms with E-state index in [1.807, 2.05) is 0 Å². The van der Waals surface area contributed by atoms with Crippen LogP contribution >= 0.6 is 23.2 Å². The maximum absolute atomic E-state index is 12.7. The molecule has 0 aliphatic carbocycles. The number of halogens is 3. The zero-order valence-corrected chi connectivity index (χ0v) is 8.70. The fourth-order valence-corrected chi connectivity index (χ4v) is 1.24. The Bertz CT molecular complexity index is 344. The van der Waals surface area contributed by atoms with E-state index < -0.39 is 5.82 Å². The van der Waals surface area contributed by atoms with Crippen molar-refractivity contribution in [1.82, 2.24) is 0 Å². The number of hydrogen-bond donors (Lipinski definition) is 1. The topological polar surface area (TPSA) is 29.1 Å². The lowest BCUT2D eigenvalue weighted by Crippen LogP contribution is -2.11. The van der Waals surface area contributed by atoms with Crippen LogP contribution in [0.3, 0.4) is 0 Å². The molecule has 0 atom stereocenters. The third kappa shape index (κ3) is 3.16. The molecule has 0 aliphatic rings. The van der Waals surface area contributed by atoms with Crippen LogP contribution in [0.5, 0.6) is 0 Å². The number of hydrogen-bond acceptors (Lipinski definition) is 1. The predicted molar refractivity (Wildman–Crippen MR) is 55.4 cm³/mol. The van der Waals surface area contributed by atoms with E-state index in [1.54, 1.807) is 0 Å². The summed E-state index contributed by atoms with van der Waals surface area (Å²) in [6.45, 7) is 0. The second kappa shape index (κ2) is 5.17. The van der Waals surface area contributed by atoms with Gasteiger partial charge in [0.2, 0.25) is 5.91 Å². The molecule has 1 aromatic rings. The molecule has 1 amide bonds. The number of anilines is 1. The smallest absolute Gasteiger partial charge is 0.225 e. The van der Waals surface area contributed by atoms with Crippen molar-refractivity contribution in [2.75, 3.05) is 11.2 Å². The molecule has 0 bridgehead atoms. The molecule has 1 aromatic carbocycles. The first-order valence-corrected chi connectivity index (χ1v) is 4.85. The average molecular weight is 236 g/mol. The van der Waals surface area contributed by atoms with E-state index in [2.05, 4.69) is 5.32 Å². The summed E-state index contributed by atoms with van der Waals surface area (Å²) < 4.78 is 12.7. The molecular weight excluding hydrogens is 228 g/mol. The third-order valence-corrected chi connectivity index (χ3v) is 2.00. The number of amides is 1. The van der Waals surface area contributed by atoms with Gasteiger partial charge in [-0.2, -0.15) is 0 Å². The molecule has 1 N–H and O–H groups in total. The van der Waals surface area contributed by atoms with Gasteiger partial charge in [0.15, 0.2) is 0 Å². The van der Waals surface area contributed by atoms with Crippen LogP contribution in [0, 0.1) is 5.82 Å². The summed E-state index contributed by atoms with van der Waals surface area (Å²) in [5.41, 5.74) is 0.464.